The zero-order valence-corrected chi connectivity index (χ0v) is 19.6. The summed E-state index contributed by atoms with van der Waals surface area (Å²) in [6.07, 6.45) is 4.39. The summed E-state index contributed by atoms with van der Waals surface area (Å²) in [6, 6.07) is 18.6. The first-order valence-electron chi connectivity index (χ1n) is 11.4. The van der Waals surface area contributed by atoms with Crippen molar-refractivity contribution in [2.24, 2.45) is 0 Å². The molecule has 172 valence electrons. The zero-order valence-electron chi connectivity index (χ0n) is 18.7. The van der Waals surface area contributed by atoms with Gasteiger partial charge in [0, 0.05) is 29.6 Å². The van der Waals surface area contributed by atoms with E-state index < -0.39 is 10.0 Å². The minimum Gasteiger partial charge on any atom is -0.493 e. The highest BCUT2D eigenvalue weighted by molar-refractivity contribution is 7.90. The van der Waals surface area contributed by atoms with Crippen LogP contribution in [0.4, 0.5) is 0 Å². The van der Waals surface area contributed by atoms with Crippen LogP contribution in [-0.4, -0.2) is 30.9 Å². The summed E-state index contributed by atoms with van der Waals surface area (Å²) in [7, 11) is -3.74. The molecule has 0 saturated heterocycles. The number of carbonyl (C=O) groups is 1. The molecule has 6 rings (SSSR count). The summed E-state index contributed by atoms with van der Waals surface area (Å²) in [6.45, 7) is 2.59. The van der Waals surface area contributed by atoms with Crippen molar-refractivity contribution < 1.29 is 17.9 Å². The standard InChI is InChI=1S/C27H24N2O4S/c1-17-2-3-21(27(30)28-22-5-6-22)16-24(17)18-4-8-25-19(14-18)10-12-29(25)34(31,32)23-7-9-26-20(15-23)11-13-33-26/h2-4,7-10,12,14-16,22H,5-6,11,13H2,1H3,(H,28,30). The van der Waals surface area contributed by atoms with Crippen LogP contribution in [0.2, 0.25) is 0 Å². The molecule has 0 unspecified atom stereocenters. The van der Waals surface area contributed by atoms with Crippen molar-refractivity contribution in [2.75, 3.05) is 6.61 Å². The fraction of sp³-hybridized carbons (Fsp3) is 0.222. The third-order valence-electron chi connectivity index (χ3n) is 6.60. The van der Waals surface area contributed by atoms with Crippen LogP contribution in [0.3, 0.4) is 0 Å². The van der Waals surface area contributed by atoms with Crippen molar-refractivity contribution >= 4 is 26.8 Å². The molecule has 1 aromatic heterocycles. The number of ether oxygens (including phenoxy) is 1. The van der Waals surface area contributed by atoms with E-state index in [4.69, 9.17) is 4.74 Å². The quantitative estimate of drug-likeness (QED) is 0.458. The number of rotatable bonds is 5. The number of aryl methyl sites for hydroxylation is 1. The second-order valence-corrected chi connectivity index (χ2v) is 10.9. The lowest BCUT2D eigenvalue weighted by atomic mass is 9.97. The highest BCUT2D eigenvalue weighted by atomic mass is 32.2. The molecule has 2 heterocycles. The second-order valence-electron chi connectivity index (χ2n) is 9.04. The molecular weight excluding hydrogens is 448 g/mol. The van der Waals surface area contributed by atoms with E-state index in [0.717, 1.165) is 46.2 Å². The average Bonchev–Trinajstić information content (AvgIpc) is 3.34. The molecule has 6 nitrogen and oxygen atoms in total. The molecule has 0 radical (unpaired) electrons. The van der Waals surface area contributed by atoms with Crippen molar-refractivity contribution in [3.8, 4) is 16.9 Å². The van der Waals surface area contributed by atoms with Gasteiger partial charge in [-0.2, -0.15) is 0 Å². The molecule has 0 spiro atoms. The molecule has 7 heteroatoms. The highest BCUT2D eigenvalue weighted by Gasteiger charge is 2.25. The lowest BCUT2D eigenvalue weighted by Gasteiger charge is -2.11. The monoisotopic (exact) mass is 472 g/mol. The van der Waals surface area contributed by atoms with Crippen LogP contribution < -0.4 is 10.1 Å². The maximum atomic E-state index is 13.4. The Kier molecular flexibility index (Phi) is 4.78. The van der Waals surface area contributed by atoms with Gasteiger partial charge in [-0.05, 0) is 90.6 Å². The largest absolute Gasteiger partial charge is 0.493 e. The summed E-state index contributed by atoms with van der Waals surface area (Å²) in [5.41, 5.74) is 5.11. The minimum absolute atomic E-state index is 0.0539. The Hall–Kier alpha value is -3.58. The van der Waals surface area contributed by atoms with Gasteiger partial charge in [0.2, 0.25) is 0 Å². The van der Waals surface area contributed by atoms with Gasteiger partial charge in [-0.15, -0.1) is 0 Å². The summed E-state index contributed by atoms with van der Waals surface area (Å²) in [4.78, 5) is 12.8. The molecular formula is C27H24N2O4S. The van der Waals surface area contributed by atoms with Gasteiger partial charge < -0.3 is 10.1 Å². The van der Waals surface area contributed by atoms with E-state index in [0.29, 0.717) is 30.1 Å². The number of aromatic nitrogens is 1. The SMILES string of the molecule is Cc1ccc(C(=O)NC2CC2)cc1-c1ccc2c(ccn2S(=O)(=O)c2ccc3c(c2)CCO3)c1. The van der Waals surface area contributed by atoms with Crippen LogP contribution >= 0.6 is 0 Å². The summed E-state index contributed by atoms with van der Waals surface area (Å²) in [5, 5.41) is 3.85. The Morgan fingerprint density at radius 1 is 1.03 bits per heavy atom. The van der Waals surface area contributed by atoms with E-state index in [1.807, 2.05) is 49.4 Å². The zero-order chi connectivity index (χ0) is 23.4. The van der Waals surface area contributed by atoms with Gasteiger partial charge >= 0.3 is 0 Å². The maximum absolute atomic E-state index is 13.4. The highest BCUT2D eigenvalue weighted by Crippen LogP contribution is 2.32. The molecule has 1 saturated carbocycles. The van der Waals surface area contributed by atoms with Crippen molar-refractivity contribution in [1.82, 2.24) is 9.29 Å². The van der Waals surface area contributed by atoms with E-state index in [-0.39, 0.29) is 10.8 Å². The van der Waals surface area contributed by atoms with Gasteiger partial charge in [0.1, 0.15) is 5.75 Å². The molecule has 0 bridgehead atoms. The number of carbonyl (C=O) groups excluding carboxylic acids is 1. The topological polar surface area (TPSA) is 77.4 Å². The predicted molar refractivity (Wildman–Crippen MR) is 131 cm³/mol. The van der Waals surface area contributed by atoms with Crippen molar-refractivity contribution in [1.29, 1.82) is 0 Å². The van der Waals surface area contributed by atoms with Gasteiger partial charge in [-0.3, -0.25) is 4.79 Å². The molecule has 0 atom stereocenters. The Morgan fingerprint density at radius 2 is 1.88 bits per heavy atom. The van der Waals surface area contributed by atoms with Crippen molar-refractivity contribution in [3.63, 3.8) is 0 Å². The van der Waals surface area contributed by atoms with E-state index in [9.17, 15) is 13.2 Å². The van der Waals surface area contributed by atoms with E-state index in [2.05, 4.69) is 5.32 Å². The molecule has 1 aliphatic heterocycles. The molecule has 1 aliphatic carbocycles. The number of hydrogen-bond donors (Lipinski definition) is 1. The van der Waals surface area contributed by atoms with Crippen molar-refractivity contribution in [2.45, 2.75) is 37.1 Å². The lowest BCUT2D eigenvalue weighted by Crippen LogP contribution is -2.25. The first-order valence-corrected chi connectivity index (χ1v) is 12.9. The maximum Gasteiger partial charge on any atom is 0.268 e. The van der Waals surface area contributed by atoms with Gasteiger partial charge in [0.15, 0.2) is 0 Å². The molecule has 1 amide bonds. The van der Waals surface area contributed by atoms with Gasteiger partial charge in [0.05, 0.1) is 17.0 Å². The van der Waals surface area contributed by atoms with E-state index in [1.165, 1.54) is 3.97 Å². The first kappa shape index (κ1) is 21.0. The lowest BCUT2D eigenvalue weighted by molar-refractivity contribution is 0.0951. The van der Waals surface area contributed by atoms with Gasteiger partial charge in [-0.25, -0.2) is 12.4 Å². The Bertz CT molecular complexity index is 1570. The number of benzene rings is 3. The number of hydrogen-bond acceptors (Lipinski definition) is 4. The Labute approximate surface area is 198 Å². The second kappa shape index (κ2) is 7.74. The summed E-state index contributed by atoms with van der Waals surface area (Å²) < 4.78 is 33.7. The summed E-state index contributed by atoms with van der Waals surface area (Å²) >= 11 is 0. The third kappa shape index (κ3) is 3.56. The molecule has 3 aromatic carbocycles. The number of fused-ring (bicyclic) bond motifs is 2. The van der Waals surface area contributed by atoms with E-state index in [1.54, 1.807) is 24.4 Å². The van der Waals surface area contributed by atoms with Crippen LogP contribution in [0.5, 0.6) is 5.75 Å². The fourth-order valence-electron chi connectivity index (χ4n) is 4.50. The normalized spacial score (nSPS) is 15.2. The van der Waals surface area contributed by atoms with Crippen molar-refractivity contribution in [3.05, 3.63) is 83.6 Å². The van der Waals surface area contributed by atoms with Crippen LogP contribution in [0, 0.1) is 6.92 Å². The molecule has 34 heavy (non-hydrogen) atoms. The average molecular weight is 473 g/mol. The smallest absolute Gasteiger partial charge is 0.268 e. The molecule has 4 aromatic rings. The van der Waals surface area contributed by atoms with Crippen LogP contribution in [0.25, 0.3) is 22.0 Å². The summed E-state index contributed by atoms with van der Waals surface area (Å²) in [5.74, 6) is 0.700. The van der Waals surface area contributed by atoms with Crippen LogP contribution in [-0.2, 0) is 16.4 Å². The number of amides is 1. The van der Waals surface area contributed by atoms with Gasteiger partial charge in [-0.1, -0.05) is 12.1 Å². The number of nitrogens with zero attached hydrogens (tertiary/aromatic N) is 1. The fourth-order valence-corrected chi connectivity index (χ4v) is 5.91. The first-order chi connectivity index (χ1) is 16.4. The third-order valence-corrected chi connectivity index (χ3v) is 8.28. The Balaban J connectivity index is 1.37. The minimum atomic E-state index is -3.74. The molecule has 2 aliphatic rings. The van der Waals surface area contributed by atoms with Gasteiger partial charge in [0.25, 0.3) is 15.9 Å². The molecule has 1 fully saturated rings. The Morgan fingerprint density at radius 3 is 2.71 bits per heavy atom. The van der Waals surface area contributed by atoms with E-state index >= 15 is 0 Å². The number of nitrogens with one attached hydrogen (secondary N) is 1. The predicted octanol–water partition coefficient (Wildman–Crippen LogP) is 4.68. The van der Waals surface area contributed by atoms with Crippen LogP contribution in [0.15, 0.2) is 71.8 Å². The molecule has 1 N–H and O–H groups in total. The van der Waals surface area contributed by atoms with Crippen LogP contribution in [0.1, 0.15) is 34.3 Å².